The second kappa shape index (κ2) is 7.49. The predicted octanol–water partition coefficient (Wildman–Crippen LogP) is 1.72. The van der Waals surface area contributed by atoms with Crippen LogP contribution in [-0.2, 0) is 24.3 Å². The van der Waals surface area contributed by atoms with Crippen molar-refractivity contribution in [3.8, 4) is 0 Å². The van der Waals surface area contributed by atoms with Crippen molar-refractivity contribution < 1.29 is 31.9 Å². The second-order valence-electron chi connectivity index (χ2n) is 5.61. The summed E-state index contributed by atoms with van der Waals surface area (Å²) in [4.78, 5) is 23.5. The normalized spacial score (nSPS) is 20.6. The van der Waals surface area contributed by atoms with Crippen molar-refractivity contribution in [2.24, 2.45) is 0 Å². The Labute approximate surface area is 145 Å². The quantitative estimate of drug-likeness (QED) is 0.705. The lowest BCUT2D eigenvalue weighted by molar-refractivity contribution is -0.147. The molecule has 0 unspecified atom stereocenters. The summed E-state index contributed by atoms with van der Waals surface area (Å²) in [6.07, 6.45) is -1.35. The molecule has 0 bridgehead atoms. The summed E-state index contributed by atoms with van der Waals surface area (Å²) in [6, 6.07) is 2.91. The number of cyclic esters (lactones) is 1. The monoisotopic (exact) mass is 373 g/mol. The zero-order valence-electron chi connectivity index (χ0n) is 14.2. The first-order valence-corrected chi connectivity index (χ1v) is 9.35. The van der Waals surface area contributed by atoms with Gasteiger partial charge in [0.25, 0.3) is 0 Å². The van der Waals surface area contributed by atoms with Crippen LogP contribution in [0.25, 0.3) is 0 Å². The van der Waals surface area contributed by atoms with Gasteiger partial charge in [0.2, 0.25) is 16.1 Å². The fourth-order valence-corrected chi connectivity index (χ4v) is 4.03. The van der Waals surface area contributed by atoms with Crippen molar-refractivity contribution >= 4 is 22.0 Å². The number of esters is 2. The van der Waals surface area contributed by atoms with Crippen LogP contribution in [0.2, 0.25) is 0 Å². The van der Waals surface area contributed by atoms with Crippen LogP contribution in [0.1, 0.15) is 37.6 Å². The molecule has 2 atom stereocenters. The zero-order chi connectivity index (χ0) is 18.8. The van der Waals surface area contributed by atoms with Crippen molar-refractivity contribution in [2.45, 2.75) is 44.3 Å². The van der Waals surface area contributed by atoms with Crippen LogP contribution >= 0.6 is 0 Å². The van der Waals surface area contributed by atoms with Crippen molar-refractivity contribution in [3.05, 3.63) is 29.6 Å². The number of carbonyl (C=O) groups is 2. The van der Waals surface area contributed by atoms with Crippen LogP contribution in [0.5, 0.6) is 0 Å². The molecule has 9 heteroatoms. The van der Waals surface area contributed by atoms with Gasteiger partial charge in [0.1, 0.15) is 11.9 Å². The van der Waals surface area contributed by atoms with E-state index in [0.717, 1.165) is 18.2 Å². The first-order valence-electron chi connectivity index (χ1n) is 7.91. The second-order valence-corrected chi connectivity index (χ2v) is 7.55. The summed E-state index contributed by atoms with van der Waals surface area (Å²) in [7, 11) is -3.85. The molecule has 1 saturated heterocycles. The number of ether oxygens (including phenoxy) is 2. The zero-order valence-corrected chi connectivity index (χ0v) is 15.0. The summed E-state index contributed by atoms with van der Waals surface area (Å²) in [5, 5.41) is 0. The maximum Gasteiger partial charge on any atom is 0.347 e. The maximum atomic E-state index is 14.0. The van der Waals surface area contributed by atoms with Gasteiger partial charge in [-0.2, -0.15) is 4.31 Å². The number of carbonyl (C=O) groups excluding carboxylic acids is 2. The number of sulfonamides is 1. The van der Waals surface area contributed by atoms with Crippen LogP contribution in [0.15, 0.2) is 23.1 Å². The number of nitrogens with zero attached hydrogens (tertiary/aromatic N) is 1. The standard InChI is InChI=1S/C16H20FNO6S/c1-4-18(5-2)25(21,22)11-6-7-13(17)12(9-11)15(19)24-14-8-10(3)23-16(14)20/h6-7,9-10,14H,4-5,8H2,1-3H3/t10-,14+/m0/s1. The Bertz CT molecular complexity index is 775. The maximum absolute atomic E-state index is 14.0. The van der Waals surface area contributed by atoms with E-state index in [1.165, 1.54) is 4.31 Å². The molecule has 0 N–H and O–H groups in total. The molecule has 7 nitrogen and oxygen atoms in total. The van der Waals surface area contributed by atoms with E-state index in [4.69, 9.17) is 9.47 Å². The van der Waals surface area contributed by atoms with E-state index >= 15 is 0 Å². The van der Waals surface area contributed by atoms with Crippen molar-refractivity contribution in [2.75, 3.05) is 13.1 Å². The first kappa shape index (κ1) is 19.3. The minimum atomic E-state index is -3.85. The minimum absolute atomic E-state index is 0.170. The molecule has 1 aliphatic rings. The molecule has 2 rings (SSSR count). The molecular formula is C16H20FNO6S. The fraction of sp³-hybridized carbons (Fsp3) is 0.500. The van der Waals surface area contributed by atoms with Gasteiger partial charge < -0.3 is 9.47 Å². The topological polar surface area (TPSA) is 90.0 Å². The van der Waals surface area contributed by atoms with Gasteiger partial charge in [-0.1, -0.05) is 13.8 Å². The summed E-state index contributed by atoms with van der Waals surface area (Å²) in [6.45, 7) is 5.46. The van der Waals surface area contributed by atoms with Gasteiger partial charge in [-0.25, -0.2) is 22.4 Å². The lowest BCUT2D eigenvalue weighted by Gasteiger charge is -2.19. The molecule has 0 saturated carbocycles. The molecule has 0 spiro atoms. The third kappa shape index (κ3) is 3.98. The molecule has 0 aromatic heterocycles. The van der Waals surface area contributed by atoms with E-state index in [1.54, 1.807) is 20.8 Å². The minimum Gasteiger partial charge on any atom is -0.460 e. The molecule has 25 heavy (non-hydrogen) atoms. The average molecular weight is 373 g/mol. The van der Waals surface area contributed by atoms with Crippen LogP contribution in [0, 0.1) is 5.82 Å². The van der Waals surface area contributed by atoms with Crippen LogP contribution in [0.3, 0.4) is 0 Å². The Balaban J connectivity index is 2.30. The Morgan fingerprint density at radius 3 is 2.52 bits per heavy atom. The number of rotatable bonds is 6. The average Bonchev–Trinajstić information content (AvgIpc) is 2.85. The molecule has 0 radical (unpaired) electrons. The molecule has 1 fully saturated rings. The Morgan fingerprint density at radius 2 is 2.00 bits per heavy atom. The molecule has 0 amide bonds. The smallest absolute Gasteiger partial charge is 0.347 e. The van der Waals surface area contributed by atoms with E-state index in [0.29, 0.717) is 0 Å². The Kier molecular flexibility index (Phi) is 5.79. The van der Waals surface area contributed by atoms with Gasteiger partial charge in [0, 0.05) is 19.5 Å². The fourth-order valence-electron chi connectivity index (χ4n) is 2.54. The molecule has 1 heterocycles. The summed E-state index contributed by atoms with van der Waals surface area (Å²) < 4.78 is 50.0. The third-order valence-corrected chi connectivity index (χ3v) is 5.92. The van der Waals surface area contributed by atoms with Crippen LogP contribution in [0.4, 0.5) is 4.39 Å². The van der Waals surface area contributed by atoms with Gasteiger partial charge in [0.05, 0.1) is 10.5 Å². The van der Waals surface area contributed by atoms with E-state index < -0.39 is 45.6 Å². The number of benzene rings is 1. The van der Waals surface area contributed by atoms with Crippen molar-refractivity contribution in [1.82, 2.24) is 4.31 Å². The summed E-state index contributed by atoms with van der Waals surface area (Å²) in [5.74, 6) is -2.73. The Morgan fingerprint density at radius 1 is 1.36 bits per heavy atom. The molecular weight excluding hydrogens is 353 g/mol. The Hall–Kier alpha value is -2.00. The molecule has 138 valence electrons. The van der Waals surface area contributed by atoms with Gasteiger partial charge in [-0.05, 0) is 25.1 Å². The van der Waals surface area contributed by atoms with E-state index in [9.17, 15) is 22.4 Å². The van der Waals surface area contributed by atoms with Gasteiger partial charge >= 0.3 is 11.9 Å². The van der Waals surface area contributed by atoms with Gasteiger partial charge in [0.15, 0.2) is 0 Å². The highest BCUT2D eigenvalue weighted by Gasteiger charge is 2.36. The van der Waals surface area contributed by atoms with Crippen LogP contribution < -0.4 is 0 Å². The highest BCUT2D eigenvalue weighted by molar-refractivity contribution is 7.89. The van der Waals surface area contributed by atoms with Crippen molar-refractivity contribution in [1.29, 1.82) is 0 Å². The highest BCUT2D eigenvalue weighted by Crippen LogP contribution is 2.23. The molecule has 1 aliphatic heterocycles. The van der Waals surface area contributed by atoms with Crippen LogP contribution in [-0.4, -0.2) is 50.0 Å². The lowest BCUT2D eigenvalue weighted by atomic mass is 10.2. The van der Waals surface area contributed by atoms with E-state index in [1.807, 2.05) is 0 Å². The molecule has 1 aromatic carbocycles. The SMILES string of the molecule is CCN(CC)S(=O)(=O)c1ccc(F)c(C(=O)O[C@@H]2C[C@H](C)OC2=O)c1. The summed E-state index contributed by atoms with van der Waals surface area (Å²) >= 11 is 0. The number of hydrogen-bond acceptors (Lipinski definition) is 6. The first-order chi connectivity index (χ1) is 11.7. The lowest BCUT2D eigenvalue weighted by Crippen LogP contribution is -2.31. The van der Waals surface area contributed by atoms with E-state index in [2.05, 4.69) is 0 Å². The number of halogens is 1. The highest BCUT2D eigenvalue weighted by atomic mass is 32.2. The largest absolute Gasteiger partial charge is 0.460 e. The van der Waals surface area contributed by atoms with Crippen molar-refractivity contribution in [3.63, 3.8) is 0 Å². The van der Waals surface area contributed by atoms with E-state index in [-0.39, 0.29) is 24.4 Å². The van der Waals surface area contributed by atoms with Gasteiger partial charge in [-0.3, -0.25) is 0 Å². The molecule has 0 aliphatic carbocycles. The predicted molar refractivity (Wildman–Crippen MR) is 85.9 cm³/mol. The van der Waals surface area contributed by atoms with Gasteiger partial charge in [-0.15, -0.1) is 0 Å². The molecule has 1 aromatic rings. The summed E-state index contributed by atoms with van der Waals surface area (Å²) in [5.41, 5.74) is -0.541. The third-order valence-electron chi connectivity index (χ3n) is 3.88. The number of hydrogen-bond donors (Lipinski definition) is 0.